The van der Waals surface area contributed by atoms with Crippen molar-refractivity contribution in [2.45, 2.75) is 4.90 Å². The lowest BCUT2D eigenvalue weighted by Gasteiger charge is -2.06. The third-order valence-corrected chi connectivity index (χ3v) is 3.45. The van der Waals surface area contributed by atoms with E-state index in [0.29, 0.717) is 11.3 Å². The number of rotatable bonds is 4. The molecule has 0 bridgehead atoms. The molecule has 108 valence electrons. The number of amidine groups is 1. The summed E-state index contributed by atoms with van der Waals surface area (Å²) in [5.74, 6) is -0.374. The number of nitrogens with one attached hydrogen (secondary N) is 1. The molecular weight excluding hydrogens is 288 g/mol. The summed E-state index contributed by atoms with van der Waals surface area (Å²) in [5, 5.41) is 14.2. The van der Waals surface area contributed by atoms with Crippen LogP contribution in [0, 0.1) is 0 Å². The first-order chi connectivity index (χ1) is 10.1. The molecule has 0 fully saturated rings. The van der Waals surface area contributed by atoms with Crippen molar-refractivity contribution in [2.75, 3.05) is 11.6 Å². The normalized spacial score (nSPS) is 11.2. The quantitative estimate of drug-likeness (QED) is 0.264. The van der Waals surface area contributed by atoms with E-state index in [9.17, 15) is 4.79 Å². The Morgan fingerprint density at radius 2 is 2.19 bits per heavy atom. The number of hydrogen-bond acceptors (Lipinski definition) is 5. The maximum Gasteiger partial charge on any atom is 0.274 e. The first-order valence-electron chi connectivity index (χ1n) is 6.03. The van der Waals surface area contributed by atoms with Crippen molar-refractivity contribution in [1.29, 1.82) is 0 Å². The topological polar surface area (TPSA) is 101 Å². The minimum Gasteiger partial charge on any atom is -0.409 e. The average Bonchev–Trinajstić information content (AvgIpc) is 2.54. The van der Waals surface area contributed by atoms with Crippen LogP contribution >= 0.6 is 11.8 Å². The van der Waals surface area contributed by atoms with Gasteiger partial charge in [0, 0.05) is 22.3 Å². The highest BCUT2D eigenvalue weighted by Crippen LogP contribution is 2.19. The Morgan fingerprint density at radius 1 is 1.38 bits per heavy atom. The van der Waals surface area contributed by atoms with Crippen LogP contribution in [0.25, 0.3) is 0 Å². The third-order valence-electron chi connectivity index (χ3n) is 2.73. The van der Waals surface area contributed by atoms with Gasteiger partial charge in [-0.3, -0.25) is 9.78 Å². The molecule has 0 atom stereocenters. The van der Waals surface area contributed by atoms with E-state index < -0.39 is 0 Å². The summed E-state index contributed by atoms with van der Waals surface area (Å²) in [4.78, 5) is 17.1. The van der Waals surface area contributed by atoms with Crippen molar-refractivity contribution in [2.24, 2.45) is 10.9 Å². The molecule has 0 saturated carbocycles. The van der Waals surface area contributed by atoms with Gasteiger partial charge in [0.2, 0.25) is 0 Å². The SMILES string of the molecule is CSc1cccc(NC(=O)c2ccc(C(N)=NO)cn2)c1. The van der Waals surface area contributed by atoms with Gasteiger partial charge in [-0.1, -0.05) is 11.2 Å². The Hall–Kier alpha value is -2.54. The fraction of sp³-hybridized carbons (Fsp3) is 0.0714. The average molecular weight is 302 g/mol. The van der Waals surface area contributed by atoms with Gasteiger partial charge in [-0.2, -0.15) is 0 Å². The van der Waals surface area contributed by atoms with Gasteiger partial charge in [0.15, 0.2) is 5.84 Å². The lowest BCUT2D eigenvalue weighted by atomic mass is 10.2. The number of anilines is 1. The molecule has 1 amide bonds. The second kappa shape index (κ2) is 6.76. The number of nitrogens with two attached hydrogens (primary N) is 1. The number of nitrogens with zero attached hydrogens (tertiary/aromatic N) is 2. The van der Waals surface area contributed by atoms with Crippen LogP contribution < -0.4 is 11.1 Å². The molecule has 0 aliphatic heterocycles. The van der Waals surface area contributed by atoms with E-state index in [1.54, 1.807) is 17.8 Å². The first kappa shape index (κ1) is 14.9. The summed E-state index contributed by atoms with van der Waals surface area (Å²) in [7, 11) is 0. The highest BCUT2D eigenvalue weighted by atomic mass is 32.2. The molecule has 21 heavy (non-hydrogen) atoms. The number of benzene rings is 1. The van der Waals surface area contributed by atoms with E-state index in [1.165, 1.54) is 12.3 Å². The number of amides is 1. The largest absolute Gasteiger partial charge is 0.409 e. The fourth-order valence-corrected chi connectivity index (χ4v) is 2.09. The molecule has 0 saturated heterocycles. The second-order valence-electron chi connectivity index (χ2n) is 4.10. The van der Waals surface area contributed by atoms with Gasteiger partial charge in [0.25, 0.3) is 5.91 Å². The van der Waals surface area contributed by atoms with Crippen LogP contribution in [0.2, 0.25) is 0 Å². The summed E-state index contributed by atoms with van der Waals surface area (Å²) in [5.41, 5.74) is 6.83. The highest BCUT2D eigenvalue weighted by Gasteiger charge is 2.09. The van der Waals surface area contributed by atoms with Crippen LogP contribution in [0.5, 0.6) is 0 Å². The van der Waals surface area contributed by atoms with Crippen molar-refractivity contribution in [3.8, 4) is 0 Å². The second-order valence-corrected chi connectivity index (χ2v) is 4.98. The zero-order chi connectivity index (χ0) is 15.2. The van der Waals surface area contributed by atoms with E-state index in [1.807, 2.05) is 30.5 Å². The number of carbonyl (C=O) groups is 1. The summed E-state index contributed by atoms with van der Waals surface area (Å²) >= 11 is 1.60. The van der Waals surface area contributed by atoms with E-state index in [-0.39, 0.29) is 17.4 Å². The molecule has 1 aromatic heterocycles. The predicted molar refractivity (Wildman–Crippen MR) is 82.9 cm³/mol. The monoisotopic (exact) mass is 302 g/mol. The van der Waals surface area contributed by atoms with E-state index in [2.05, 4.69) is 15.5 Å². The van der Waals surface area contributed by atoms with Crippen molar-refractivity contribution in [3.05, 3.63) is 53.9 Å². The molecule has 7 heteroatoms. The molecule has 2 aromatic rings. The zero-order valence-electron chi connectivity index (χ0n) is 11.3. The molecule has 0 radical (unpaired) electrons. The van der Waals surface area contributed by atoms with Gasteiger partial charge in [-0.15, -0.1) is 11.8 Å². The zero-order valence-corrected chi connectivity index (χ0v) is 12.1. The van der Waals surface area contributed by atoms with Gasteiger partial charge >= 0.3 is 0 Å². The molecular formula is C14H14N4O2S. The lowest BCUT2D eigenvalue weighted by molar-refractivity contribution is 0.102. The van der Waals surface area contributed by atoms with Crippen LogP contribution in [0.4, 0.5) is 5.69 Å². The number of carbonyl (C=O) groups excluding carboxylic acids is 1. The van der Waals surface area contributed by atoms with E-state index in [4.69, 9.17) is 10.9 Å². The fourth-order valence-electron chi connectivity index (χ4n) is 1.63. The smallest absolute Gasteiger partial charge is 0.274 e. The number of aromatic nitrogens is 1. The van der Waals surface area contributed by atoms with Gasteiger partial charge in [-0.25, -0.2) is 0 Å². The standard InChI is InChI=1S/C14H14N4O2S/c1-21-11-4-2-3-10(7-11)17-14(19)12-6-5-9(8-16-12)13(15)18-20/h2-8,20H,1H3,(H2,15,18)(H,17,19). The Balaban J connectivity index is 2.13. The van der Waals surface area contributed by atoms with Crippen LogP contribution in [0.3, 0.4) is 0 Å². The number of thioether (sulfide) groups is 1. The molecule has 0 spiro atoms. The molecule has 6 nitrogen and oxygen atoms in total. The Morgan fingerprint density at radius 3 is 2.81 bits per heavy atom. The Bertz CT molecular complexity index is 671. The number of hydrogen-bond donors (Lipinski definition) is 3. The predicted octanol–water partition coefficient (Wildman–Crippen LogP) is 2.15. The molecule has 1 aromatic carbocycles. The molecule has 0 unspecified atom stereocenters. The van der Waals surface area contributed by atoms with E-state index >= 15 is 0 Å². The maximum absolute atomic E-state index is 12.1. The third kappa shape index (κ3) is 3.73. The van der Waals surface area contributed by atoms with E-state index in [0.717, 1.165) is 4.90 Å². The molecule has 0 aliphatic carbocycles. The Labute approximate surface area is 126 Å². The highest BCUT2D eigenvalue weighted by molar-refractivity contribution is 7.98. The summed E-state index contributed by atoms with van der Waals surface area (Å²) < 4.78 is 0. The van der Waals surface area contributed by atoms with Gasteiger partial charge in [0.05, 0.1) is 0 Å². The lowest BCUT2D eigenvalue weighted by Crippen LogP contribution is -2.16. The Kier molecular flexibility index (Phi) is 4.78. The van der Waals surface area contributed by atoms with Gasteiger partial charge in [0.1, 0.15) is 5.69 Å². The number of oxime groups is 1. The van der Waals surface area contributed by atoms with Crippen molar-refractivity contribution < 1.29 is 10.0 Å². The van der Waals surface area contributed by atoms with Gasteiger partial charge in [-0.05, 0) is 36.6 Å². The minimum atomic E-state index is -0.320. The molecule has 2 rings (SSSR count). The molecule has 1 heterocycles. The summed E-state index contributed by atoms with van der Waals surface area (Å²) in [6, 6.07) is 10.6. The van der Waals surface area contributed by atoms with Crippen LogP contribution in [-0.4, -0.2) is 28.2 Å². The molecule has 4 N–H and O–H groups in total. The van der Waals surface area contributed by atoms with Crippen LogP contribution in [0.1, 0.15) is 16.1 Å². The maximum atomic E-state index is 12.1. The molecule has 0 aliphatic rings. The first-order valence-corrected chi connectivity index (χ1v) is 7.26. The summed E-state index contributed by atoms with van der Waals surface area (Å²) in [6.07, 6.45) is 3.34. The van der Waals surface area contributed by atoms with Crippen molar-refractivity contribution in [3.63, 3.8) is 0 Å². The number of pyridine rings is 1. The van der Waals surface area contributed by atoms with Crippen LogP contribution in [0.15, 0.2) is 52.6 Å². The van der Waals surface area contributed by atoms with Crippen molar-refractivity contribution >= 4 is 29.2 Å². The van der Waals surface area contributed by atoms with Crippen LogP contribution in [-0.2, 0) is 0 Å². The van der Waals surface area contributed by atoms with Gasteiger partial charge < -0.3 is 16.3 Å². The summed E-state index contributed by atoms with van der Waals surface area (Å²) in [6.45, 7) is 0. The van der Waals surface area contributed by atoms with Crippen molar-refractivity contribution in [1.82, 2.24) is 4.98 Å². The minimum absolute atomic E-state index is 0.0536.